The van der Waals surface area contributed by atoms with E-state index in [1.165, 1.54) is 12.2 Å². The summed E-state index contributed by atoms with van der Waals surface area (Å²) in [5, 5.41) is 0. The largest absolute Gasteiger partial charge is 0.463 e. The minimum Gasteiger partial charge on any atom is -0.463 e. The molecule has 4 nitrogen and oxygen atoms in total. The van der Waals surface area contributed by atoms with Gasteiger partial charge in [0.1, 0.15) is 5.83 Å². The number of carbonyl (C=O) groups is 2. The number of terminal acetylenes is 1. The van der Waals surface area contributed by atoms with Crippen molar-refractivity contribution >= 4 is 11.9 Å². The first-order chi connectivity index (χ1) is 10.8. The van der Waals surface area contributed by atoms with E-state index in [2.05, 4.69) is 5.92 Å². The maximum Gasteiger partial charge on any atom is 0.330 e. The van der Waals surface area contributed by atoms with Gasteiger partial charge in [0.25, 0.3) is 0 Å². The van der Waals surface area contributed by atoms with E-state index in [4.69, 9.17) is 15.9 Å². The summed E-state index contributed by atoms with van der Waals surface area (Å²) < 4.78 is 23.6. The molecule has 0 aromatic heterocycles. The van der Waals surface area contributed by atoms with Crippen molar-refractivity contribution in [1.29, 1.82) is 0 Å². The molecule has 1 rings (SSSR count). The highest BCUT2D eigenvalue weighted by Gasteiger charge is 2.61. The second-order valence-corrected chi connectivity index (χ2v) is 5.92. The zero-order valence-electron chi connectivity index (χ0n) is 14.0. The van der Waals surface area contributed by atoms with E-state index < -0.39 is 29.8 Å². The first kappa shape index (κ1) is 19.0. The molecule has 0 saturated heterocycles. The van der Waals surface area contributed by atoms with Crippen molar-refractivity contribution in [3.63, 3.8) is 0 Å². The summed E-state index contributed by atoms with van der Waals surface area (Å²) in [5.41, 5.74) is -0.371. The molecule has 0 bridgehead atoms. The fraction of sp³-hybridized carbons (Fsp3) is 0.556. The molecule has 1 fully saturated rings. The number of esters is 2. The average molecular weight is 322 g/mol. The Morgan fingerprint density at radius 2 is 2.04 bits per heavy atom. The molecule has 0 N–H and O–H groups in total. The summed E-state index contributed by atoms with van der Waals surface area (Å²) in [6.07, 6.45) is 8.61. The lowest BCUT2D eigenvalue weighted by molar-refractivity contribution is -0.148. The standard InChI is InChI=1S/C18H23FO4/c1-6-9-13(19)14(7-2)23-17(21)16-12(18(16,4)5)10-11-15(20)22-8-3/h2,9-12,14,16H,6,8H2,1,3-5H3/b11-10+,13-9-. The van der Waals surface area contributed by atoms with Crippen LogP contribution < -0.4 is 0 Å². The average Bonchev–Trinajstić information content (AvgIpc) is 3.04. The van der Waals surface area contributed by atoms with Gasteiger partial charge in [0.2, 0.25) is 6.10 Å². The highest BCUT2D eigenvalue weighted by atomic mass is 19.1. The minimum absolute atomic E-state index is 0.170. The second-order valence-electron chi connectivity index (χ2n) is 5.92. The highest BCUT2D eigenvalue weighted by Crippen LogP contribution is 2.59. The van der Waals surface area contributed by atoms with Gasteiger partial charge in [-0.15, -0.1) is 6.42 Å². The molecule has 5 heteroatoms. The topological polar surface area (TPSA) is 52.6 Å². The molecular formula is C18H23FO4. The highest BCUT2D eigenvalue weighted by molar-refractivity contribution is 5.83. The van der Waals surface area contributed by atoms with Crippen LogP contribution in [0.25, 0.3) is 0 Å². The number of allylic oxidation sites excluding steroid dienone is 2. The minimum atomic E-state index is -1.30. The van der Waals surface area contributed by atoms with Crippen molar-refractivity contribution < 1.29 is 23.5 Å². The maximum absolute atomic E-state index is 13.7. The SMILES string of the molecule is C#CC(OC(=O)C1C(/C=C/C(=O)OCC)C1(C)C)/C(F)=C/CC. The number of hydrogen-bond acceptors (Lipinski definition) is 4. The van der Waals surface area contributed by atoms with E-state index in [0.717, 1.165) is 0 Å². The fourth-order valence-electron chi connectivity index (χ4n) is 2.52. The first-order valence-electron chi connectivity index (χ1n) is 7.66. The normalized spacial score (nSPS) is 23.9. The van der Waals surface area contributed by atoms with Gasteiger partial charge < -0.3 is 9.47 Å². The van der Waals surface area contributed by atoms with Crippen molar-refractivity contribution in [2.75, 3.05) is 6.61 Å². The number of ether oxygens (including phenoxy) is 2. The molecule has 0 aromatic carbocycles. The van der Waals surface area contributed by atoms with Gasteiger partial charge in [0.15, 0.2) is 0 Å². The van der Waals surface area contributed by atoms with E-state index in [-0.39, 0.29) is 17.9 Å². The van der Waals surface area contributed by atoms with Crippen LogP contribution in [0, 0.1) is 29.6 Å². The van der Waals surface area contributed by atoms with E-state index >= 15 is 0 Å². The molecule has 0 heterocycles. The monoisotopic (exact) mass is 322 g/mol. The Hall–Kier alpha value is -2.09. The van der Waals surface area contributed by atoms with Crippen molar-refractivity contribution in [1.82, 2.24) is 0 Å². The third-order valence-corrected chi connectivity index (χ3v) is 3.93. The van der Waals surface area contributed by atoms with Crippen LogP contribution in [0.2, 0.25) is 0 Å². The van der Waals surface area contributed by atoms with Gasteiger partial charge in [-0.25, -0.2) is 9.18 Å². The van der Waals surface area contributed by atoms with Crippen LogP contribution in [-0.2, 0) is 19.1 Å². The molecule has 3 unspecified atom stereocenters. The Kier molecular flexibility index (Phi) is 6.56. The molecule has 126 valence electrons. The van der Waals surface area contributed by atoms with Crippen molar-refractivity contribution in [3.8, 4) is 12.3 Å². The van der Waals surface area contributed by atoms with E-state index in [0.29, 0.717) is 6.42 Å². The smallest absolute Gasteiger partial charge is 0.330 e. The Morgan fingerprint density at radius 3 is 2.57 bits per heavy atom. The number of halogens is 1. The predicted octanol–water partition coefficient (Wildman–Crippen LogP) is 3.19. The number of hydrogen-bond donors (Lipinski definition) is 0. The van der Waals surface area contributed by atoms with Crippen LogP contribution in [0.4, 0.5) is 4.39 Å². The van der Waals surface area contributed by atoms with Gasteiger partial charge in [0, 0.05) is 6.08 Å². The third kappa shape index (κ3) is 4.69. The Bertz CT molecular complexity index is 554. The zero-order chi connectivity index (χ0) is 17.6. The van der Waals surface area contributed by atoms with Gasteiger partial charge in [-0.05, 0) is 30.8 Å². The van der Waals surface area contributed by atoms with Crippen molar-refractivity contribution in [2.24, 2.45) is 17.3 Å². The fourth-order valence-corrected chi connectivity index (χ4v) is 2.52. The molecule has 0 amide bonds. The van der Waals surface area contributed by atoms with Gasteiger partial charge >= 0.3 is 11.9 Å². The second kappa shape index (κ2) is 7.96. The molecule has 0 aromatic rings. The molecule has 3 atom stereocenters. The lowest BCUT2D eigenvalue weighted by Gasteiger charge is -2.11. The molecule has 1 saturated carbocycles. The summed E-state index contributed by atoms with van der Waals surface area (Å²) in [4.78, 5) is 23.6. The van der Waals surface area contributed by atoms with Crippen LogP contribution >= 0.6 is 0 Å². The van der Waals surface area contributed by atoms with E-state index in [9.17, 15) is 14.0 Å². The number of rotatable bonds is 7. The summed E-state index contributed by atoms with van der Waals surface area (Å²) in [7, 11) is 0. The third-order valence-electron chi connectivity index (χ3n) is 3.93. The van der Waals surface area contributed by atoms with Gasteiger partial charge in [-0.1, -0.05) is 32.8 Å². The molecule has 0 spiro atoms. The quantitative estimate of drug-likeness (QED) is 0.410. The molecule has 0 radical (unpaired) electrons. The first-order valence-corrected chi connectivity index (χ1v) is 7.66. The van der Waals surface area contributed by atoms with Crippen molar-refractivity contribution in [2.45, 2.75) is 40.2 Å². The van der Waals surface area contributed by atoms with E-state index in [1.54, 1.807) is 19.9 Å². The summed E-state index contributed by atoms with van der Waals surface area (Å²) in [6.45, 7) is 7.51. The van der Waals surface area contributed by atoms with Gasteiger partial charge in [-0.2, -0.15) is 0 Å². The lowest BCUT2D eigenvalue weighted by Crippen LogP contribution is -2.20. The Morgan fingerprint density at radius 1 is 1.39 bits per heavy atom. The number of carbonyl (C=O) groups excluding carboxylic acids is 2. The summed E-state index contributed by atoms with van der Waals surface area (Å²) in [6, 6.07) is 0. The Balaban J connectivity index is 2.72. The van der Waals surface area contributed by atoms with Crippen LogP contribution in [0.5, 0.6) is 0 Å². The summed E-state index contributed by atoms with van der Waals surface area (Å²) in [5.74, 6) is -0.155. The molecule has 1 aliphatic rings. The Labute approximate surface area is 136 Å². The van der Waals surface area contributed by atoms with Gasteiger partial charge in [0.05, 0.1) is 12.5 Å². The van der Waals surface area contributed by atoms with E-state index in [1.807, 2.05) is 13.8 Å². The lowest BCUT2D eigenvalue weighted by atomic mass is 10.1. The maximum atomic E-state index is 13.7. The molecule has 1 aliphatic carbocycles. The van der Waals surface area contributed by atoms with Gasteiger partial charge in [-0.3, -0.25) is 4.79 Å². The van der Waals surface area contributed by atoms with Crippen LogP contribution in [0.15, 0.2) is 24.1 Å². The van der Waals surface area contributed by atoms with Crippen LogP contribution in [0.3, 0.4) is 0 Å². The predicted molar refractivity (Wildman–Crippen MR) is 84.7 cm³/mol. The zero-order valence-corrected chi connectivity index (χ0v) is 14.0. The molecular weight excluding hydrogens is 299 g/mol. The van der Waals surface area contributed by atoms with Crippen LogP contribution in [0.1, 0.15) is 34.1 Å². The van der Waals surface area contributed by atoms with Crippen LogP contribution in [-0.4, -0.2) is 24.6 Å². The molecule has 23 heavy (non-hydrogen) atoms. The van der Waals surface area contributed by atoms with Crippen molar-refractivity contribution in [3.05, 3.63) is 24.1 Å². The summed E-state index contributed by atoms with van der Waals surface area (Å²) >= 11 is 0. The molecule has 0 aliphatic heterocycles.